The molecule has 90 valence electrons. The second kappa shape index (κ2) is 10.2. The van der Waals surface area contributed by atoms with Gasteiger partial charge < -0.3 is 4.74 Å². The molecule has 0 radical (unpaired) electrons. The van der Waals surface area contributed by atoms with Gasteiger partial charge in [0, 0.05) is 13.5 Å². The molecule has 0 amide bonds. The zero-order chi connectivity index (χ0) is 11.5. The van der Waals surface area contributed by atoms with Crippen LogP contribution in [-0.4, -0.2) is 19.0 Å². The van der Waals surface area contributed by atoms with Gasteiger partial charge in [0.2, 0.25) is 0 Å². The van der Waals surface area contributed by atoms with Crippen LogP contribution in [0.5, 0.6) is 0 Å². The van der Waals surface area contributed by atoms with Gasteiger partial charge in [0.15, 0.2) is 5.78 Å². The highest BCUT2D eigenvalue weighted by Gasteiger charge is 2.13. The Hall–Kier alpha value is -0.370. The van der Waals surface area contributed by atoms with E-state index < -0.39 is 0 Å². The van der Waals surface area contributed by atoms with E-state index >= 15 is 0 Å². The molecular weight excluding hydrogens is 188 g/mol. The van der Waals surface area contributed by atoms with Crippen molar-refractivity contribution < 1.29 is 9.53 Å². The maximum Gasteiger partial charge on any atom is 0.161 e. The number of Topliss-reactive ketones (excluding diaryl/α,β-unsaturated/α-hetero) is 1. The van der Waals surface area contributed by atoms with Crippen LogP contribution in [0.1, 0.15) is 65.2 Å². The first kappa shape index (κ1) is 14.6. The minimum atomic E-state index is -0.166. The third-order valence-electron chi connectivity index (χ3n) is 2.79. The van der Waals surface area contributed by atoms with Gasteiger partial charge in [-0.25, -0.2) is 0 Å². The summed E-state index contributed by atoms with van der Waals surface area (Å²) in [5.74, 6) is 0.274. The molecule has 0 saturated heterocycles. The monoisotopic (exact) mass is 214 g/mol. The lowest BCUT2D eigenvalue weighted by Crippen LogP contribution is -2.21. The number of rotatable bonds is 10. The Morgan fingerprint density at radius 3 is 2.20 bits per heavy atom. The van der Waals surface area contributed by atoms with Crippen molar-refractivity contribution in [2.45, 2.75) is 71.3 Å². The maximum absolute atomic E-state index is 11.6. The minimum absolute atomic E-state index is 0.166. The van der Waals surface area contributed by atoms with Crippen LogP contribution in [0.25, 0.3) is 0 Å². The SMILES string of the molecule is CCCCCCCCC(=O)C(CC)OC. The number of methoxy groups -OCH3 is 1. The molecule has 0 rings (SSSR count). The summed E-state index contributed by atoms with van der Waals surface area (Å²) in [6.07, 6.45) is 8.72. The first-order valence-corrected chi connectivity index (χ1v) is 6.31. The van der Waals surface area contributed by atoms with Crippen LogP contribution in [0, 0.1) is 0 Å². The summed E-state index contributed by atoms with van der Waals surface area (Å²) in [5.41, 5.74) is 0. The summed E-state index contributed by atoms with van der Waals surface area (Å²) in [5, 5.41) is 0. The number of carbonyl (C=O) groups excluding carboxylic acids is 1. The predicted octanol–water partition coefficient (Wildman–Crippen LogP) is 3.73. The van der Waals surface area contributed by atoms with Crippen molar-refractivity contribution in [3.05, 3.63) is 0 Å². The van der Waals surface area contributed by atoms with E-state index in [-0.39, 0.29) is 11.9 Å². The van der Waals surface area contributed by atoms with Crippen LogP contribution in [0.4, 0.5) is 0 Å². The molecule has 0 heterocycles. The van der Waals surface area contributed by atoms with E-state index in [0.717, 1.165) is 12.8 Å². The summed E-state index contributed by atoms with van der Waals surface area (Å²) in [6, 6.07) is 0. The van der Waals surface area contributed by atoms with Gasteiger partial charge in [0.1, 0.15) is 6.10 Å². The molecule has 0 saturated carbocycles. The van der Waals surface area contributed by atoms with Gasteiger partial charge in [0.05, 0.1) is 0 Å². The van der Waals surface area contributed by atoms with Crippen LogP contribution < -0.4 is 0 Å². The summed E-state index contributed by atoms with van der Waals surface area (Å²) in [7, 11) is 1.62. The normalized spacial score (nSPS) is 12.7. The van der Waals surface area contributed by atoms with Gasteiger partial charge in [-0.15, -0.1) is 0 Å². The molecule has 0 aromatic rings. The minimum Gasteiger partial charge on any atom is -0.374 e. The van der Waals surface area contributed by atoms with Gasteiger partial charge in [-0.3, -0.25) is 4.79 Å². The fraction of sp³-hybridized carbons (Fsp3) is 0.923. The number of unbranched alkanes of at least 4 members (excludes halogenated alkanes) is 5. The fourth-order valence-electron chi connectivity index (χ4n) is 1.77. The van der Waals surface area contributed by atoms with E-state index in [1.54, 1.807) is 7.11 Å². The summed E-state index contributed by atoms with van der Waals surface area (Å²) >= 11 is 0. The molecule has 0 aliphatic rings. The average Bonchev–Trinajstić information content (AvgIpc) is 2.25. The van der Waals surface area contributed by atoms with Crippen molar-refractivity contribution in [2.75, 3.05) is 7.11 Å². The van der Waals surface area contributed by atoms with Crippen molar-refractivity contribution in [2.24, 2.45) is 0 Å². The molecule has 1 atom stereocenters. The maximum atomic E-state index is 11.6. The zero-order valence-corrected chi connectivity index (χ0v) is 10.6. The first-order valence-electron chi connectivity index (χ1n) is 6.31. The van der Waals surface area contributed by atoms with E-state index in [9.17, 15) is 4.79 Å². The number of ketones is 1. The lowest BCUT2D eigenvalue weighted by atomic mass is 10.0. The predicted molar refractivity (Wildman–Crippen MR) is 64.1 cm³/mol. The molecule has 0 fully saturated rings. The number of hydrogen-bond acceptors (Lipinski definition) is 2. The van der Waals surface area contributed by atoms with Crippen molar-refractivity contribution in [1.29, 1.82) is 0 Å². The van der Waals surface area contributed by atoms with Crippen LogP contribution in [0.15, 0.2) is 0 Å². The van der Waals surface area contributed by atoms with E-state index in [1.165, 1.54) is 32.1 Å². The van der Waals surface area contributed by atoms with Crippen molar-refractivity contribution in [1.82, 2.24) is 0 Å². The standard InChI is InChI=1S/C13H26O2/c1-4-6-7-8-9-10-11-12(14)13(5-2)15-3/h13H,4-11H2,1-3H3. The number of carbonyl (C=O) groups is 1. The molecular formula is C13H26O2. The van der Waals surface area contributed by atoms with Gasteiger partial charge in [-0.05, 0) is 12.8 Å². The molecule has 0 N–H and O–H groups in total. The second-order valence-electron chi connectivity index (χ2n) is 4.12. The first-order chi connectivity index (χ1) is 7.26. The molecule has 0 spiro atoms. The molecule has 0 aliphatic heterocycles. The highest BCUT2D eigenvalue weighted by Crippen LogP contribution is 2.09. The molecule has 0 aromatic heterocycles. The molecule has 0 aliphatic carbocycles. The van der Waals surface area contributed by atoms with Crippen molar-refractivity contribution in [3.63, 3.8) is 0 Å². The third kappa shape index (κ3) is 7.55. The quantitative estimate of drug-likeness (QED) is 0.518. The van der Waals surface area contributed by atoms with Gasteiger partial charge >= 0.3 is 0 Å². The Kier molecular flexibility index (Phi) is 9.91. The van der Waals surface area contributed by atoms with Crippen LogP contribution >= 0.6 is 0 Å². The smallest absolute Gasteiger partial charge is 0.161 e. The van der Waals surface area contributed by atoms with E-state index in [4.69, 9.17) is 4.74 Å². The largest absolute Gasteiger partial charge is 0.374 e. The Balaban J connectivity index is 3.38. The van der Waals surface area contributed by atoms with E-state index in [2.05, 4.69) is 6.92 Å². The molecule has 15 heavy (non-hydrogen) atoms. The van der Waals surface area contributed by atoms with E-state index in [1.807, 2.05) is 6.92 Å². The Morgan fingerprint density at radius 2 is 1.67 bits per heavy atom. The van der Waals surface area contributed by atoms with Gasteiger partial charge in [-0.1, -0.05) is 46.0 Å². The van der Waals surface area contributed by atoms with Gasteiger partial charge in [-0.2, -0.15) is 0 Å². The molecule has 0 aromatic carbocycles. The second-order valence-corrected chi connectivity index (χ2v) is 4.12. The van der Waals surface area contributed by atoms with Crippen LogP contribution in [0.3, 0.4) is 0 Å². The average molecular weight is 214 g/mol. The molecule has 2 heteroatoms. The molecule has 0 bridgehead atoms. The zero-order valence-electron chi connectivity index (χ0n) is 10.6. The summed E-state index contributed by atoms with van der Waals surface area (Å²) in [6.45, 7) is 4.21. The molecule has 2 nitrogen and oxygen atoms in total. The lowest BCUT2D eigenvalue weighted by molar-refractivity contribution is -0.129. The van der Waals surface area contributed by atoms with E-state index in [0.29, 0.717) is 6.42 Å². The number of hydrogen-bond donors (Lipinski definition) is 0. The highest BCUT2D eigenvalue weighted by atomic mass is 16.5. The Morgan fingerprint density at radius 1 is 1.07 bits per heavy atom. The van der Waals surface area contributed by atoms with Crippen molar-refractivity contribution >= 4 is 5.78 Å². The highest BCUT2D eigenvalue weighted by molar-refractivity contribution is 5.82. The fourth-order valence-corrected chi connectivity index (χ4v) is 1.77. The summed E-state index contributed by atoms with van der Waals surface area (Å²) < 4.78 is 5.11. The lowest BCUT2D eigenvalue weighted by Gasteiger charge is -2.11. The van der Waals surface area contributed by atoms with Crippen LogP contribution in [0.2, 0.25) is 0 Å². The topological polar surface area (TPSA) is 26.3 Å². The summed E-state index contributed by atoms with van der Waals surface area (Å²) in [4.78, 5) is 11.6. The Bertz CT molecular complexity index is 151. The number of ether oxygens (including phenoxy) is 1. The Labute approximate surface area is 94.4 Å². The van der Waals surface area contributed by atoms with Crippen molar-refractivity contribution in [3.8, 4) is 0 Å². The molecule has 1 unspecified atom stereocenters. The third-order valence-corrected chi connectivity index (χ3v) is 2.79. The van der Waals surface area contributed by atoms with Gasteiger partial charge in [0.25, 0.3) is 0 Å². The van der Waals surface area contributed by atoms with Crippen LogP contribution in [-0.2, 0) is 9.53 Å².